The van der Waals surface area contributed by atoms with E-state index in [4.69, 9.17) is 0 Å². The molecule has 11 aromatic rings. The number of hydrogen-bond donors (Lipinski definition) is 0. The van der Waals surface area contributed by atoms with Crippen molar-refractivity contribution in [3.63, 3.8) is 0 Å². The van der Waals surface area contributed by atoms with Gasteiger partial charge in [-0.1, -0.05) is 98.9 Å². The molecule has 4 nitrogen and oxygen atoms in total. The summed E-state index contributed by atoms with van der Waals surface area (Å²) >= 11 is 0. The molecule has 0 saturated heterocycles. The molecule has 4 heterocycles. The number of hydrogen-bond acceptors (Lipinski definition) is 4. The maximum absolute atomic E-state index is 4.65. The standard InChI is InChI=1S/C20H20NSi.2C12H10N.C12H8.C6H5.C5H5N.4Ir/c1-22(2,3)19-12-13-20(21-15-19)18-11-7-10-17(14-18)16-8-5-4-6-9-16;1-10-5-7-11(8-6-10)12-4-2-3-9-13-12;1-10-6-5-9-13-12(10)11-7-3-2-4-8-11;1-3-7-11(8-4-1)12-9-5-2-6-10-12;2*1-2-4-6-5-3-1;;;;/h4-10,12-15H,1-3H3;2*2-7,9H,1H3;1-7,9H;2*1-5H;;;;/q3*-1;-2;-1;;;;;+3. The molecule has 0 aliphatic heterocycles. The van der Waals surface area contributed by atoms with E-state index in [-0.39, 0.29) is 80.4 Å². The molecular weight excluding hydrogens is 1660 g/mol. The average Bonchev–Trinajstić information content (AvgIpc) is 3.46. The van der Waals surface area contributed by atoms with Crippen LogP contribution in [0.2, 0.25) is 19.6 Å². The molecule has 0 aliphatic rings. The normalized spacial score (nSPS) is 9.49. The minimum atomic E-state index is -1.29. The van der Waals surface area contributed by atoms with Crippen LogP contribution in [0, 0.1) is 50.2 Å². The molecule has 4 aromatic heterocycles. The van der Waals surface area contributed by atoms with E-state index in [2.05, 4.69) is 150 Å². The van der Waals surface area contributed by atoms with E-state index in [1.165, 1.54) is 27.4 Å². The quantitative estimate of drug-likeness (QED) is 0.123. The average molecular weight is 1720 g/mol. The molecule has 0 aliphatic carbocycles. The van der Waals surface area contributed by atoms with Crippen molar-refractivity contribution in [2.24, 2.45) is 0 Å². The molecular formula is C67H58Ir4N4Si-3. The molecule has 0 fully saturated rings. The van der Waals surface area contributed by atoms with Crippen molar-refractivity contribution in [3.05, 3.63) is 309 Å². The van der Waals surface area contributed by atoms with Gasteiger partial charge in [0.15, 0.2) is 0 Å². The summed E-state index contributed by atoms with van der Waals surface area (Å²) < 4.78 is 0. The van der Waals surface area contributed by atoms with Crippen LogP contribution in [0.1, 0.15) is 11.1 Å². The number of nitrogens with zero attached hydrogens (tertiary/aromatic N) is 4. The van der Waals surface area contributed by atoms with Gasteiger partial charge in [0.25, 0.3) is 0 Å². The molecule has 0 amide bonds. The van der Waals surface area contributed by atoms with Gasteiger partial charge in [0.2, 0.25) is 0 Å². The molecule has 7 aromatic carbocycles. The Hall–Kier alpha value is -6.05. The van der Waals surface area contributed by atoms with E-state index in [1.54, 1.807) is 18.6 Å². The first-order chi connectivity index (χ1) is 35.2. The van der Waals surface area contributed by atoms with Crippen molar-refractivity contribution < 1.29 is 80.4 Å². The molecule has 9 heteroatoms. The minimum Gasteiger partial charge on any atom is -0.305 e. The van der Waals surface area contributed by atoms with Crippen LogP contribution in [0.4, 0.5) is 0 Å². The van der Waals surface area contributed by atoms with Gasteiger partial charge in [-0.15, -0.1) is 119 Å². The third-order valence-electron chi connectivity index (χ3n) is 10.6. The molecule has 0 atom stereocenters. The molecule has 0 spiro atoms. The Balaban J connectivity index is 0.000000324. The van der Waals surface area contributed by atoms with Gasteiger partial charge in [0.1, 0.15) is 0 Å². The van der Waals surface area contributed by atoms with Crippen LogP contribution in [0.25, 0.3) is 56.0 Å². The Bertz CT molecular complexity index is 3020. The zero-order valence-electron chi connectivity index (χ0n) is 42.9. The first-order valence-corrected chi connectivity index (χ1v) is 27.3. The van der Waals surface area contributed by atoms with Gasteiger partial charge in [-0.2, -0.15) is 84.9 Å². The smallest absolute Gasteiger partial charge is 0.305 e. The van der Waals surface area contributed by atoms with E-state index in [9.17, 15) is 0 Å². The Morgan fingerprint density at radius 1 is 0.382 bits per heavy atom. The first kappa shape index (κ1) is 66.1. The Labute approximate surface area is 507 Å². The van der Waals surface area contributed by atoms with E-state index in [0.29, 0.717) is 0 Å². The van der Waals surface area contributed by atoms with Crippen LogP contribution < -0.4 is 5.19 Å². The summed E-state index contributed by atoms with van der Waals surface area (Å²) in [6.07, 6.45) is 9.14. The second-order valence-electron chi connectivity index (χ2n) is 17.1. The van der Waals surface area contributed by atoms with Crippen molar-refractivity contribution in [2.45, 2.75) is 33.5 Å². The zero-order valence-corrected chi connectivity index (χ0v) is 53.5. The Morgan fingerprint density at radius 3 is 1.38 bits per heavy atom. The van der Waals surface area contributed by atoms with Crippen LogP contribution in [-0.2, 0) is 80.4 Å². The first-order valence-electron chi connectivity index (χ1n) is 23.8. The van der Waals surface area contributed by atoms with Gasteiger partial charge in [-0.05, 0) is 59.0 Å². The number of rotatable bonds is 6. The molecule has 0 saturated carbocycles. The predicted molar refractivity (Wildman–Crippen MR) is 302 cm³/mol. The van der Waals surface area contributed by atoms with Gasteiger partial charge in [-0.3, -0.25) is 4.98 Å². The van der Waals surface area contributed by atoms with E-state index in [0.717, 1.165) is 44.9 Å². The summed E-state index contributed by atoms with van der Waals surface area (Å²) in [7, 11) is -1.29. The SMILES string of the molecule is C[Si](C)(C)c1ccc(-c2[c-]ccc(-c3ccccc3)c2)nc1.Cc1c[c-]c(-c2ccccn2)cc1.Cc1cccnc1-c1[c-]cccc1.[Ir+3].[Ir].[Ir].[Ir].[c-]1ccccc1.[c-]1ccccc1-c1[c-]cccc1.c1ccncc1. The van der Waals surface area contributed by atoms with Gasteiger partial charge in [0.05, 0.1) is 8.07 Å². The fourth-order valence-electron chi connectivity index (χ4n) is 6.69. The second kappa shape index (κ2) is 37.7. The maximum atomic E-state index is 4.65. The maximum Gasteiger partial charge on any atom is 3.00 e. The third-order valence-corrected chi connectivity index (χ3v) is 12.6. The summed E-state index contributed by atoms with van der Waals surface area (Å²) in [5.74, 6) is 0. The van der Waals surface area contributed by atoms with E-state index in [1.807, 2.05) is 182 Å². The number of aromatic nitrogens is 4. The fraction of sp³-hybridized carbons (Fsp3) is 0.0746. The monoisotopic (exact) mass is 1720 g/mol. The summed E-state index contributed by atoms with van der Waals surface area (Å²) in [6.45, 7) is 11.1. The van der Waals surface area contributed by atoms with Gasteiger partial charge in [0, 0.05) is 91.3 Å². The number of aryl methyl sites for hydroxylation is 2. The zero-order chi connectivity index (χ0) is 50.5. The molecule has 0 unspecified atom stereocenters. The van der Waals surface area contributed by atoms with Crippen molar-refractivity contribution in [3.8, 4) is 56.0 Å². The molecule has 0 N–H and O–H groups in total. The largest absolute Gasteiger partial charge is 3.00 e. The Kier molecular flexibility index (Phi) is 32.7. The fourth-order valence-corrected chi connectivity index (χ4v) is 7.73. The topological polar surface area (TPSA) is 51.6 Å². The minimum absolute atomic E-state index is 0. The predicted octanol–water partition coefficient (Wildman–Crippen LogP) is 16.0. The molecule has 0 bridgehead atoms. The summed E-state index contributed by atoms with van der Waals surface area (Å²) in [5, 5.41) is 1.38. The summed E-state index contributed by atoms with van der Waals surface area (Å²) in [4.78, 5) is 17.0. The van der Waals surface area contributed by atoms with E-state index < -0.39 is 8.07 Å². The Morgan fingerprint density at radius 2 is 0.921 bits per heavy atom. The molecule has 11 rings (SSSR count). The van der Waals surface area contributed by atoms with Crippen LogP contribution in [-0.4, -0.2) is 28.0 Å². The van der Waals surface area contributed by atoms with Crippen molar-refractivity contribution in [1.29, 1.82) is 0 Å². The van der Waals surface area contributed by atoms with Crippen molar-refractivity contribution in [1.82, 2.24) is 19.9 Å². The van der Waals surface area contributed by atoms with Gasteiger partial charge >= 0.3 is 20.1 Å². The van der Waals surface area contributed by atoms with Crippen molar-refractivity contribution >= 4 is 13.3 Å². The van der Waals surface area contributed by atoms with Crippen LogP contribution in [0.5, 0.6) is 0 Å². The molecule has 3 radical (unpaired) electrons. The summed E-state index contributed by atoms with van der Waals surface area (Å²) in [5.41, 5.74) is 13.1. The molecule has 76 heavy (non-hydrogen) atoms. The van der Waals surface area contributed by atoms with Crippen LogP contribution >= 0.6 is 0 Å². The molecule has 389 valence electrons. The summed E-state index contributed by atoms with van der Waals surface area (Å²) in [6, 6.07) is 94.9. The second-order valence-corrected chi connectivity index (χ2v) is 22.2. The number of benzene rings is 7. The van der Waals surface area contributed by atoms with Gasteiger partial charge < -0.3 is 15.0 Å². The number of pyridine rings is 4. The van der Waals surface area contributed by atoms with E-state index >= 15 is 0 Å². The van der Waals surface area contributed by atoms with Gasteiger partial charge in [-0.25, -0.2) is 11.1 Å². The third kappa shape index (κ3) is 23.9. The van der Waals surface area contributed by atoms with Crippen LogP contribution in [0.3, 0.4) is 0 Å². The van der Waals surface area contributed by atoms with Crippen LogP contribution in [0.15, 0.2) is 262 Å². The van der Waals surface area contributed by atoms with Crippen molar-refractivity contribution in [2.75, 3.05) is 0 Å².